The Kier molecular flexibility index (Phi) is 4.09. The Morgan fingerprint density at radius 2 is 2.19 bits per heavy atom. The Labute approximate surface area is 153 Å². The highest BCUT2D eigenvalue weighted by Crippen LogP contribution is 2.39. The van der Waals surface area contributed by atoms with Gasteiger partial charge in [0, 0.05) is 4.88 Å². The Hall–Kier alpha value is -2.91. The Balaban J connectivity index is 1.69. The van der Waals surface area contributed by atoms with Crippen LogP contribution in [0.1, 0.15) is 39.9 Å². The van der Waals surface area contributed by atoms with Crippen molar-refractivity contribution >= 4 is 33.0 Å². The van der Waals surface area contributed by atoms with Crippen LogP contribution >= 0.6 is 11.3 Å². The molecule has 1 amide bonds. The van der Waals surface area contributed by atoms with Gasteiger partial charge in [0.25, 0.3) is 5.91 Å². The summed E-state index contributed by atoms with van der Waals surface area (Å²) in [6.07, 6.45) is 2.83. The SMILES string of the molecule is CC1CCc2c(sc(NC(=O)c3cc4ccccc4c(=O)o3)c2C#N)C1. The van der Waals surface area contributed by atoms with Crippen LogP contribution in [-0.2, 0) is 12.8 Å². The number of benzene rings is 1. The van der Waals surface area contributed by atoms with E-state index in [1.54, 1.807) is 30.3 Å². The van der Waals surface area contributed by atoms with Gasteiger partial charge in [-0.2, -0.15) is 5.26 Å². The number of hydrogen-bond donors (Lipinski definition) is 1. The number of carbonyl (C=O) groups is 1. The van der Waals surface area contributed by atoms with E-state index < -0.39 is 11.5 Å². The maximum atomic E-state index is 12.6. The van der Waals surface area contributed by atoms with Crippen molar-refractivity contribution in [3.8, 4) is 6.07 Å². The topological polar surface area (TPSA) is 83.1 Å². The molecule has 0 saturated heterocycles. The second kappa shape index (κ2) is 6.43. The summed E-state index contributed by atoms with van der Waals surface area (Å²) in [4.78, 5) is 25.8. The first-order chi connectivity index (χ1) is 12.6. The molecule has 1 unspecified atom stereocenters. The quantitative estimate of drug-likeness (QED) is 0.742. The third-order valence-corrected chi connectivity index (χ3v) is 5.91. The minimum Gasteiger partial charge on any atom is -0.417 e. The number of thiophene rings is 1. The Morgan fingerprint density at radius 3 is 3.00 bits per heavy atom. The van der Waals surface area contributed by atoms with E-state index in [9.17, 15) is 14.9 Å². The van der Waals surface area contributed by atoms with Crippen molar-refractivity contribution in [3.05, 3.63) is 62.5 Å². The van der Waals surface area contributed by atoms with Crippen molar-refractivity contribution in [2.24, 2.45) is 5.92 Å². The van der Waals surface area contributed by atoms with Gasteiger partial charge in [0.15, 0.2) is 5.76 Å². The van der Waals surface area contributed by atoms with Gasteiger partial charge in [-0.3, -0.25) is 4.79 Å². The Bertz CT molecular complexity index is 1120. The number of amides is 1. The Morgan fingerprint density at radius 1 is 1.38 bits per heavy atom. The fraction of sp³-hybridized carbons (Fsp3) is 0.250. The van der Waals surface area contributed by atoms with E-state index in [0.717, 1.165) is 29.7 Å². The van der Waals surface area contributed by atoms with Crippen LogP contribution in [0.4, 0.5) is 5.00 Å². The van der Waals surface area contributed by atoms with Gasteiger partial charge < -0.3 is 9.73 Å². The molecule has 0 saturated carbocycles. The smallest absolute Gasteiger partial charge is 0.344 e. The largest absolute Gasteiger partial charge is 0.417 e. The van der Waals surface area contributed by atoms with Crippen LogP contribution in [-0.4, -0.2) is 5.91 Å². The standard InChI is InChI=1S/C20H16N2O3S/c1-11-6-7-14-15(10-21)19(26-17(14)8-11)22-18(23)16-9-12-4-2-3-5-13(12)20(24)25-16/h2-5,9,11H,6-8H2,1H3,(H,22,23). The van der Waals surface area contributed by atoms with Crippen molar-refractivity contribution in [2.45, 2.75) is 26.2 Å². The van der Waals surface area contributed by atoms with Crippen LogP contribution in [0.25, 0.3) is 10.8 Å². The molecule has 2 aromatic heterocycles. The molecular formula is C20H16N2O3S. The van der Waals surface area contributed by atoms with Gasteiger partial charge in [0.1, 0.15) is 11.1 Å². The van der Waals surface area contributed by atoms with E-state index in [2.05, 4.69) is 18.3 Å². The fourth-order valence-electron chi connectivity index (χ4n) is 3.37. The number of nitrogens with zero attached hydrogens (tertiary/aromatic N) is 1. The monoisotopic (exact) mass is 364 g/mol. The first kappa shape index (κ1) is 16.6. The molecule has 0 spiro atoms. The maximum Gasteiger partial charge on any atom is 0.344 e. The van der Waals surface area contributed by atoms with Gasteiger partial charge in [0.2, 0.25) is 0 Å². The molecule has 6 heteroatoms. The predicted octanol–water partition coefficient (Wildman–Crippen LogP) is 4.10. The molecule has 4 rings (SSSR count). The van der Waals surface area contributed by atoms with E-state index in [1.807, 2.05) is 0 Å². The molecular weight excluding hydrogens is 348 g/mol. The van der Waals surface area contributed by atoms with Gasteiger partial charge in [-0.1, -0.05) is 25.1 Å². The average molecular weight is 364 g/mol. The molecule has 2 heterocycles. The lowest BCUT2D eigenvalue weighted by atomic mass is 9.89. The van der Waals surface area contributed by atoms with Gasteiger partial charge in [-0.25, -0.2) is 4.79 Å². The van der Waals surface area contributed by atoms with E-state index >= 15 is 0 Å². The van der Waals surface area contributed by atoms with Gasteiger partial charge in [-0.15, -0.1) is 11.3 Å². The number of nitriles is 1. The van der Waals surface area contributed by atoms with Crippen molar-refractivity contribution in [2.75, 3.05) is 5.32 Å². The zero-order valence-corrected chi connectivity index (χ0v) is 15.0. The summed E-state index contributed by atoms with van der Waals surface area (Å²) in [6.45, 7) is 2.19. The third kappa shape index (κ3) is 2.80. The van der Waals surface area contributed by atoms with Gasteiger partial charge >= 0.3 is 5.63 Å². The molecule has 1 aromatic carbocycles. The highest BCUT2D eigenvalue weighted by molar-refractivity contribution is 7.16. The first-order valence-electron chi connectivity index (χ1n) is 8.45. The second-order valence-electron chi connectivity index (χ2n) is 6.61. The first-order valence-corrected chi connectivity index (χ1v) is 9.27. The summed E-state index contributed by atoms with van der Waals surface area (Å²) in [7, 11) is 0. The lowest BCUT2D eigenvalue weighted by molar-refractivity contribution is 0.0993. The number of anilines is 1. The molecule has 5 nitrogen and oxygen atoms in total. The van der Waals surface area contributed by atoms with E-state index in [4.69, 9.17) is 4.42 Å². The number of rotatable bonds is 2. The summed E-state index contributed by atoms with van der Waals surface area (Å²) in [6, 6.07) is 10.7. The van der Waals surface area contributed by atoms with Crippen LogP contribution < -0.4 is 10.9 Å². The molecule has 3 aromatic rings. The molecule has 1 N–H and O–H groups in total. The number of hydrogen-bond acceptors (Lipinski definition) is 5. The zero-order valence-electron chi connectivity index (χ0n) is 14.2. The normalized spacial score (nSPS) is 16.1. The molecule has 1 aliphatic rings. The summed E-state index contributed by atoms with van der Waals surface area (Å²) >= 11 is 1.45. The molecule has 1 aliphatic carbocycles. The number of carbonyl (C=O) groups excluding carboxylic acids is 1. The number of nitrogens with one attached hydrogen (secondary N) is 1. The minimum absolute atomic E-state index is 0.0580. The third-order valence-electron chi connectivity index (χ3n) is 4.74. The predicted molar refractivity (Wildman–Crippen MR) is 101 cm³/mol. The molecule has 0 fully saturated rings. The van der Waals surface area contributed by atoms with Crippen LogP contribution in [0.15, 0.2) is 39.5 Å². The lowest BCUT2D eigenvalue weighted by Crippen LogP contribution is -2.15. The fourth-order valence-corrected chi connectivity index (χ4v) is 4.72. The van der Waals surface area contributed by atoms with Crippen LogP contribution in [0.2, 0.25) is 0 Å². The molecule has 26 heavy (non-hydrogen) atoms. The van der Waals surface area contributed by atoms with Crippen molar-refractivity contribution < 1.29 is 9.21 Å². The zero-order chi connectivity index (χ0) is 18.3. The van der Waals surface area contributed by atoms with E-state index in [0.29, 0.717) is 27.3 Å². The molecule has 1 atom stereocenters. The van der Waals surface area contributed by atoms with Gasteiger partial charge in [-0.05, 0) is 48.3 Å². The second-order valence-corrected chi connectivity index (χ2v) is 7.71. The van der Waals surface area contributed by atoms with Crippen LogP contribution in [0, 0.1) is 17.2 Å². The van der Waals surface area contributed by atoms with E-state index in [1.165, 1.54) is 11.3 Å². The highest BCUT2D eigenvalue weighted by atomic mass is 32.1. The average Bonchev–Trinajstić information content (AvgIpc) is 2.97. The maximum absolute atomic E-state index is 12.6. The lowest BCUT2D eigenvalue weighted by Gasteiger charge is -2.17. The molecule has 0 aliphatic heterocycles. The minimum atomic E-state index is -0.548. The molecule has 0 bridgehead atoms. The number of fused-ring (bicyclic) bond motifs is 2. The van der Waals surface area contributed by atoms with Crippen LogP contribution in [0.3, 0.4) is 0 Å². The van der Waals surface area contributed by atoms with Crippen molar-refractivity contribution in [1.29, 1.82) is 5.26 Å². The molecule has 130 valence electrons. The van der Waals surface area contributed by atoms with Crippen LogP contribution in [0.5, 0.6) is 0 Å². The van der Waals surface area contributed by atoms with Crippen molar-refractivity contribution in [1.82, 2.24) is 0 Å². The summed E-state index contributed by atoms with van der Waals surface area (Å²) < 4.78 is 5.17. The highest BCUT2D eigenvalue weighted by Gasteiger charge is 2.25. The van der Waals surface area contributed by atoms with Gasteiger partial charge in [0.05, 0.1) is 10.9 Å². The summed E-state index contributed by atoms with van der Waals surface area (Å²) in [5.74, 6) is 0.00285. The van der Waals surface area contributed by atoms with Crippen molar-refractivity contribution in [3.63, 3.8) is 0 Å². The summed E-state index contributed by atoms with van der Waals surface area (Å²) in [5.41, 5.74) is 1.03. The molecule has 0 radical (unpaired) electrons. The van der Waals surface area contributed by atoms with E-state index in [-0.39, 0.29) is 5.76 Å². The summed E-state index contributed by atoms with van der Waals surface area (Å²) in [5, 5.41) is 13.9.